The number of rotatable bonds is 4. The molecule has 2 aliphatic heterocycles. The minimum Gasteiger partial charge on any atom is -0.395 e. The van der Waals surface area contributed by atoms with E-state index in [1.807, 2.05) is 0 Å². The second kappa shape index (κ2) is 5.77. The molecule has 4 N–H and O–H groups in total. The highest BCUT2D eigenvalue weighted by atomic mass is 16.6. The summed E-state index contributed by atoms with van der Waals surface area (Å²) in [6, 6.07) is 0. The maximum absolute atomic E-state index is 9.87. The summed E-state index contributed by atoms with van der Waals surface area (Å²) in [5, 5.41) is 37.4. The van der Waals surface area contributed by atoms with Crippen LogP contribution in [0.1, 0.15) is 0 Å². The van der Waals surface area contributed by atoms with Crippen LogP contribution in [0.3, 0.4) is 0 Å². The lowest BCUT2D eigenvalue weighted by Gasteiger charge is -2.25. The van der Waals surface area contributed by atoms with Gasteiger partial charge in [0.2, 0.25) is 0 Å². The Bertz CT molecular complexity index is 346. The predicted octanol–water partition coefficient (Wildman–Crippen LogP) is -2.31. The highest BCUT2D eigenvalue weighted by Crippen LogP contribution is 2.26. The van der Waals surface area contributed by atoms with Crippen LogP contribution in [0.2, 0.25) is 0 Å². The van der Waals surface area contributed by atoms with Crippen molar-refractivity contribution in [3.63, 3.8) is 0 Å². The van der Waals surface area contributed by atoms with E-state index in [-0.39, 0.29) is 13.2 Å². The number of aliphatic imine (C=N–C) groups is 1. The monoisotopic (exact) mass is 258 g/mol. The largest absolute Gasteiger partial charge is 0.395 e. The summed E-state index contributed by atoms with van der Waals surface area (Å²) in [7, 11) is 0. The van der Waals surface area contributed by atoms with Crippen LogP contribution in [-0.4, -0.2) is 82.4 Å². The average molecular weight is 258 g/mol. The first-order valence-electron chi connectivity index (χ1n) is 5.86. The number of β-amino-alcohol motifs (C(OH)–C–C–N with tert-alkyl or cyclic N) is 1. The summed E-state index contributed by atoms with van der Waals surface area (Å²) in [5.74, 6) is 0. The summed E-state index contributed by atoms with van der Waals surface area (Å²) >= 11 is 0. The van der Waals surface area contributed by atoms with E-state index in [9.17, 15) is 10.2 Å². The summed E-state index contributed by atoms with van der Waals surface area (Å²) in [4.78, 5) is 5.88. The van der Waals surface area contributed by atoms with E-state index < -0.39 is 24.4 Å². The zero-order chi connectivity index (χ0) is 13.1. The van der Waals surface area contributed by atoms with Gasteiger partial charge in [0.1, 0.15) is 31.1 Å². The predicted molar refractivity (Wildman–Crippen MR) is 63.0 cm³/mol. The van der Waals surface area contributed by atoms with Crippen molar-refractivity contribution in [2.75, 3.05) is 26.4 Å². The molecule has 0 spiro atoms. The Balaban J connectivity index is 2.09. The number of hydrogen-bond acceptors (Lipinski definition) is 7. The van der Waals surface area contributed by atoms with Crippen LogP contribution in [0.15, 0.2) is 16.8 Å². The molecule has 0 amide bonds. The van der Waals surface area contributed by atoms with Gasteiger partial charge in [-0.3, -0.25) is 4.99 Å². The number of nitrogens with zero attached hydrogens (tertiary/aromatic N) is 2. The highest BCUT2D eigenvalue weighted by Gasteiger charge is 2.43. The molecule has 0 saturated carbocycles. The Morgan fingerprint density at radius 3 is 2.72 bits per heavy atom. The third-order valence-electron chi connectivity index (χ3n) is 3.09. The van der Waals surface area contributed by atoms with Gasteiger partial charge in [0, 0.05) is 24.5 Å². The van der Waals surface area contributed by atoms with Gasteiger partial charge in [0.15, 0.2) is 0 Å². The third-order valence-corrected chi connectivity index (χ3v) is 3.09. The van der Waals surface area contributed by atoms with Crippen LogP contribution in [0, 0.1) is 0 Å². The molecule has 1 fully saturated rings. The molecule has 2 rings (SSSR count). The van der Waals surface area contributed by atoms with E-state index in [4.69, 9.17) is 14.9 Å². The van der Waals surface area contributed by atoms with Gasteiger partial charge < -0.3 is 30.1 Å². The summed E-state index contributed by atoms with van der Waals surface area (Å²) in [5.41, 5.74) is 0.622. The quantitative estimate of drug-likeness (QED) is 0.451. The summed E-state index contributed by atoms with van der Waals surface area (Å²) in [6.07, 6.45) is -0.371. The van der Waals surface area contributed by atoms with Gasteiger partial charge in [-0.15, -0.1) is 0 Å². The van der Waals surface area contributed by atoms with Crippen LogP contribution in [0.5, 0.6) is 0 Å². The highest BCUT2D eigenvalue weighted by molar-refractivity contribution is 5.80. The molecule has 4 atom stereocenters. The number of hydrogen-bond donors (Lipinski definition) is 4. The zero-order valence-electron chi connectivity index (χ0n) is 9.88. The van der Waals surface area contributed by atoms with Crippen LogP contribution >= 0.6 is 0 Å². The Morgan fingerprint density at radius 2 is 2.11 bits per heavy atom. The molecule has 7 nitrogen and oxygen atoms in total. The maximum atomic E-state index is 9.87. The van der Waals surface area contributed by atoms with E-state index in [1.165, 1.54) is 0 Å². The number of ether oxygens (including phenoxy) is 1. The molecule has 0 unspecified atom stereocenters. The molecular formula is C11H18N2O5. The van der Waals surface area contributed by atoms with Crippen LogP contribution in [0.4, 0.5) is 0 Å². The maximum Gasteiger partial charge on any atom is 0.114 e. The molecule has 2 aliphatic rings. The van der Waals surface area contributed by atoms with E-state index >= 15 is 0 Å². The molecule has 18 heavy (non-hydrogen) atoms. The lowest BCUT2D eigenvalue weighted by Crippen LogP contribution is -2.36. The molecular weight excluding hydrogens is 240 g/mol. The van der Waals surface area contributed by atoms with Crippen molar-refractivity contribution in [1.82, 2.24) is 4.90 Å². The fourth-order valence-electron chi connectivity index (χ4n) is 2.12. The Hall–Kier alpha value is -0.990. The van der Waals surface area contributed by atoms with E-state index in [1.54, 1.807) is 17.3 Å². The first kappa shape index (κ1) is 13.4. The van der Waals surface area contributed by atoms with Gasteiger partial charge in [-0.1, -0.05) is 0 Å². The number of aliphatic hydroxyl groups excluding tert-OH is 4. The fraction of sp³-hybridized carbons (Fsp3) is 0.727. The molecule has 0 aromatic carbocycles. The minimum absolute atomic E-state index is 0.00919. The van der Waals surface area contributed by atoms with Gasteiger partial charge in [0.05, 0.1) is 13.2 Å². The van der Waals surface area contributed by atoms with Crippen molar-refractivity contribution >= 4 is 6.21 Å². The summed E-state index contributed by atoms with van der Waals surface area (Å²) in [6.45, 7) is 0.545. The zero-order valence-corrected chi connectivity index (χ0v) is 9.88. The second-order valence-corrected chi connectivity index (χ2v) is 4.38. The topological polar surface area (TPSA) is 106 Å². The van der Waals surface area contributed by atoms with Crippen molar-refractivity contribution in [3.8, 4) is 0 Å². The molecule has 102 valence electrons. The minimum atomic E-state index is -1.11. The van der Waals surface area contributed by atoms with Gasteiger partial charge in [-0.25, -0.2) is 0 Å². The third kappa shape index (κ3) is 2.55. The Kier molecular flexibility index (Phi) is 4.31. The Labute approximate surface area is 105 Å². The summed E-state index contributed by atoms with van der Waals surface area (Å²) < 4.78 is 5.40. The Morgan fingerprint density at radius 1 is 1.33 bits per heavy atom. The van der Waals surface area contributed by atoms with E-state index in [0.717, 1.165) is 0 Å². The van der Waals surface area contributed by atoms with Gasteiger partial charge >= 0.3 is 0 Å². The van der Waals surface area contributed by atoms with Crippen LogP contribution in [-0.2, 0) is 4.74 Å². The van der Waals surface area contributed by atoms with Crippen molar-refractivity contribution < 1.29 is 25.2 Å². The molecule has 0 bridgehead atoms. The lowest BCUT2D eigenvalue weighted by atomic mass is 10.0. The normalized spacial score (nSPS) is 36.0. The smallest absolute Gasteiger partial charge is 0.114 e. The molecule has 0 aromatic heterocycles. The van der Waals surface area contributed by atoms with Crippen molar-refractivity contribution in [1.29, 1.82) is 0 Å². The lowest BCUT2D eigenvalue weighted by molar-refractivity contribution is -0.0133. The molecule has 7 heteroatoms. The molecule has 0 aromatic rings. The standard InChI is InChI=1S/C11H18N2O5/c14-2-1-13-4-7(3-12-6-13)11-10(17)9(16)8(5-15)18-11/h3-4,8-11,14-17H,1-2,5-6H2/t8-,9-,10-,11+/m1/s1. The molecule has 0 radical (unpaired) electrons. The fourth-order valence-corrected chi connectivity index (χ4v) is 2.12. The second-order valence-electron chi connectivity index (χ2n) is 4.38. The first-order chi connectivity index (χ1) is 8.67. The van der Waals surface area contributed by atoms with Crippen molar-refractivity contribution in [3.05, 3.63) is 11.8 Å². The SMILES string of the molecule is OCCN1C=C([C@@H]2O[C@H](CO)[C@@H](O)[C@H]2O)C=NC1. The molecule has 0 aliphatic carbocycles. The molecule has 2 heterocycles. The van der Waals surface area contributed by atoms with Gasteiger partial charge in [-0.05, 0) is 0 Å². The first-order valence-corrected chi connectivity index (χ1v) is 5.86. The van der Waals surface area contributed by atoms with E-state index in [0.29, 0.717) is 18.8 Å². The van der Waals surface area contributed by atoms with E-state index in [2.05, 4.69) is 4.99 Å². The van der Waals surface area contributed by atoms with Crippen molar-refractivity contribution in [2.24, 2.45) is 4.99 Å². The van der Waals surface area contributed by atoms with Gasteiger partial charge in [0.25, 0.3) is 0 Å². The van der Waals surface area contributed by atoms with Gasteiger partial charge in [-0.2, -0.15) is 0 Å². The van der Waals surface area contributed by atoms with Crippen molar-refractivity contribution in [2.45, 2.75) is 24.4 Å². The van der Waals surface area contributed by atoms with Crippen LogP contribution in [0.25, 0.3) is 0 Å². The average Bonchev–Trinajstić information content (AvgIpc) is 2.67. The molecule has 1 saturated heterocycles. The number of aliphatic hydroxyl groups is 4. The van der Waals surface area contributed by atoms with Crippen LogP contribution < -0.4 is 0 Å².